The highest BCUT2D eigenvalue weighted by atomic mass is 32.2. The SMILES string of the molecule is Cc1nsc(SCCNCc2ccccn2)n1. The standard InChI is InChI=1S/C11H14N4S2/c1-9-14-11(17-15-9)16-7-6-12-8-10-4-2-3-5-13-10/h2-5,12H,6-8H2,1H3. The minimum absolute atomic E-state index is 0.816. The molecule has 0 aliphatic heterocycles. The van der Waals surface area contributed by atoms with Crippen LogP contribution in [0.5, 0.6) is 0 Å². The second kappa shape index (κ2) is 6.68. The van der Waals surface area contributed by atoms with Crippen LogP contribution in [-0.4, -0.2) is 26.6 Å². The van der Waals surface area contributed by atoms with Crippen LogP contribution in [0, 0.1) is 6.92 Å². The van der Waals surface area contributed by atoms with E-state index in [4.69, 9.17) is 0 Å². The first-order valence-corrected chi connectivity index (χ1v) is 7.14. The van der Waals surface area contributed by atoms with E-state index in [1.54, 1.807) is 11.8 Å². The molecular formula is C11H14N4S2. The molecule has 2 rings (SSSR count). The van der Waals surface area contributed by atoms with E-state index in [0.717, 1.165) is 34.7 Å². The smallest absolute Gasteiger partial charge is 0.170 e. The minimum Gasteiger partial charge on any atom is -0.310 e. The van der Waals surface area contributed by atoms with Gasteiger partial charge in [-0.1, -0.05) is 17.8 Å². The summed E-state index contributed by atoms with van der Waals surface area (Å²) in [6, 6.07) is 5.95. The lowest BCUT2D eigenvalue weighted by atomic mass is 10.3. The van der Waals surface area contributed by atoms with Gasteiger partial charge in [0.05, 0.1) is 5.69 Å². The van der Waals surface area contributed by atoms with Gasteiger partial charge >= 0.3 is 0 Å². The van der Waals surface area contributed by atoms with Crippen LogP contribution >= 0.6 is 23.3 Å². The van der Waals surface area contributed by atoms with Crippen LogP contribution in [0.2, 0.25) is 0 Å². The number of aromatic nitrogens is 3. The predicted molar refractivity (Wildman–Crippen MR) is 71.3 cm³/mol. The number of nitrogens with one attached hydrogen (secondary N) is 1. The zero-order valence-electron chi connectivity index (χ0n) is 9.59. The fraction of sp³-hybridized carbons (Fsp3) is 0.364. The molecule has 0 saturated heterocycles. The quantitative estimate of drug-likeness (QED) is 0.641. The summed E-state index contributed by atoms with van der Waals surface area (Å²) < 4.78 is 5.19. The van der Waals surface area contributed by atoms with Gasteiger partial charge in [0, 0.05) is 25.0 Å². The van der Waals surface area contributed by atoms with Crippen molar-refractivity contribution in [2.45, 2.75) is 17.8 Å². The highest BCUT2D eigenvalue weighted by Crippen LogP contribution is 2.18. The van der Waals surface area contributed by atoms with E-state index in [2.05, 4.69) is 19.7 Å². The van der Waals surface area contributed by atoms with E-state index in [0.29, 0.717) is 0 Å². The molecule has 4 nitrogen and oxygen atoms in total. The number of rotatable bonds is 6. The second-order valence-electron chi connectivity index (χ2n) is 3.45. The molecular weight excluding hydrogens is 252 g/mol. The molecule has 6 heteroatoms. The summed E-state index contributed by atoms with van der Waals surface area (Å²) in [6.07, 6.45) is 1.82. The van der Waals surface area contributed by atoms with Crippen LogP contribution in [-0.2, 0) is 6.54 Å². The van der Waals surface area contributed by atoms with Crippen LogP contribution in [0.15, 0.2) is 28.7 Å². The molecule has 0 bridgehead atoms. The number of nitrogens with zero attached hydrogens (tertiary/aromatic N) is 3. The van der Waals surface area contributed by atoms with Gasteiger partial charge in [0.15, 0.2) is 4.34 Å². The van der Waals surface area contributed by atoms with E-state index >= 15 is 0 Å². The molecule has 2 aromatic rings. The average molecular weight is 266 g/mol. The Morgan fingerprint density at radius 1 is 1.41 bits per heavy atom. The topological polar surface area (TPSA) is 50.7 Å². The van der Waals surface area contributed by atoms with E-state index in [9.17, 15) is 0 Å². The van der Waals surface area contributed by atoms with Gasteiger partial charge in [0.25, 0.3) is 0 Å². The van der Waals surface area contributed by atoms with Crippen LogP contribution in [0.1, 0.15) is 11.5 Å². The highest BCUT2D eigenvalue weighted by molar-refractivity contribution is 8.00. The molecule has 0 aromatic carbocycles. The van der Waals surface area contributed by atoms with Crippen molar-refractivity contribution in [2.75, 3.05) is 12.3 Å². The number of hydrogen-bond donors (Lipinski definition) is 1. The highest BCUT2D eigenvalue weighted by Gasteiger charge is 2.00. The fourth-order valence-electron chi connectivity index (χ4n) is 1.27. The van der Waals surface area contributed by atoms with E-state index in [1.807, 2.05) is 31.3 Å². The zero-order chi connectivity index (χ0) is 11.9. The number of thioether (sulfide) groups is 1. The molecule has 0 spiro atoms. The summed E-state index contributed by atoms with van der Waals surface area (Å²) in [5.74, 6) is 1.86. The van der Waals surface area contributed by atoms with Crippen LogP contribution < -0.4 is 5.32 Å². The van der Waals surface area contributed by atoms with Crippen molar-refractivity contribution in [1.82, 2.24) is 19.7 Å². The first kappa shape index (κ1) is 12.5. The third kappa shape index (κ3) is 4.41. The molecule has 0 saturated carbocycles. The Kier molecular flexibility index (Phi) is 4.90. The lowest BCUT2D eigenvalue weighted by molar-refractivity contribution is 0.715. The molecule has 0 amide bonds. The van der Waals surface area contributed by atoms with Gasteiger partial charge in [-0.3, -0.25) is 4.98 Å². The summed E-state index contributed by atoms with van der Waals surface area (Å²) in [4.78, 5) is 8.55. The average Bonchev–Trinajstić information content (AvgIpc) is 2.76. The van der Waals surface area contributed by atoms with Gasteiger partial charge in [-0.15, -0.1) is 0 Å². The summed E-state index contributed by atoms with van der Waals surface area (Å²) in [6.45, 7) is 3.68. The number of aryl methyl sites for hydroxylation is 1. The first-order chi connectivity index (χ1) is 8.34. The summed E-state index contributed by atoms with van der Waals surface area (Å²) >= 11 is 3.20. The van der Waals surface area contributed by atoms with E-state index in [-0.39, 0.29) is 0 Å². The van der Waals surface area contributed by atoms with Gasteiger partial charge in [0.2, 0.25) is 0 Å². The molecule has 0 unspecified atom stereocenters. The zero-order valence-corrected chi connectivity index (χ0v) is 11.2. The van der Waals surface area contributed by atoms with E-state index < -0.39 is 0 Å². The predicted octanol–water partition coefficient (Wildman–Crippen LogP) is 2.12. The summed E-state index contributed by atoms with van der Waals surface area (Å²) in [5, 5.41) is 3.35. The normalized spacial score (nSPS) is 10.6. The van der Waals surface area contributed by atoms with Gasteiger partial charge in [-0.2, -0.15) is 4.37 Å². The van der Waals surface area contributed by atoms with Gasteiger partial charge in [-0.25, -0.2) is 4.98 Å². The summed E-state index contributed by atoms with van der Waals surface area (Å²) in [5.41, 5.74) is 1.07. The lowest BCUT2D eigenvalue weighted by Crippen LogP contribution is -2.17. The van der Waals surface area contributed by atoms with Gasteiger partial charge in [0.1, 0.15) is 5.82 Å². The van der Waals surface area contributed by atoms with Crippen molar-refractivity contribution in [2.24, 2.45) is 0 Å². The van der Waals surface area contributed by atoms with E-state index in [1.165, 1.54) is 11.5 Å². The Hall–Kier alpha value is -0.980. The van der Waals surface area contributed by atoms with Crippen molar-refractivity contribution in [3.05, 3.63) is 35.9 Å². The molecule has 1 N–H and O–H groups in total. The Balaban J connectivity index is 1.61. The van der Waals surface area contributed by atoms with Gasteiger partial charge < -0.3 is 5.32 Å². The maximum Gasteiger partial charge on any atom is 0.170 e. The molecule has 2 heterocycles. The van der Waals surface area contributed by atoms with Crippen molar-refractivity contribution in [3.8, 4) is 0 Å². The van der Waals surface area contributed by atoms with Crippen LogP contribution in [0.25, 0.3) is 0 Å². The largest absolute Gasteiger partial charge is 0.310 e. The minimum atomic E-state index is 0.816. The van der Waals surface area contributed by atoms with Crippen LogP contribution in [0.4, 0.5) is 0 Å². The maximum absolute atomic E-state index is 4.30. The third-order valence-electron chi connectivity index (χ3n) is 2.05. The van der Waals surface area contributed by atoms with Crippen molar-refractivity contribution in [1.29, 1.82) is 0 Å². The maximum atomic E-state index is 4.30. The van der Waals surface area contributed by atoms with Crippen molar-refractivity contribution >= 4 is 23.3 Å². The molecule has 17 heavy (non-hydrogen) atoms. The molecule has 0 aliphatic carbocycles. The van der Waals surface area contributed by atoms with Crippen molar-refractivity contribution < 1.29 is 0 Å². The third-order valence-corrected chi connectivity index (χ3v) is 3.97. The molecule has 2 aromatic heterocycles. The first-order valence-electron chi connectivity index (χ1n) is 5.38. The number of hydrogen-bond acceptors (Lipinski definition) is 6. The molecule has 90 valence electrons. The monoisotopic (exact) mass is 266 g/mol. The molecule has 0 atom stereocenters. The van der Waals surface area contributed by atoms with Crippen molar-refractivity contribution in [3.63, 3.8) is 0 Å². The Labute approximate surface area is 109 Å². The second-order valence-corrected chi connectivity index (χ2v) is 5.55. The van der Waals surface area contributed by atoms with Gasteiger partial charge in [-0.05, 0) is 30.6 Å². The van der Waals surface area contributed by atoms with Crippen LogP contribution in [0.3, 0.4) is 0 Å². The Bertz CT molecular complexity index is 444. The molecule has 0 radical (unpaired) electrons. The fourth-order valence-corrected chi connectivity index (χ4v) is 2.88. The summed E-state index contributed by atoms with van der Waals surface area (Å²) in [7, 11) is 0. The number of pyridine rings is 1. The molecule has 0 fully saturated rings. The Morgan fingerprint density at radius 3 is 3.06 bits per heavy atom. The molecule has 0 aliphatic rings. The Morgan fingerprint density at radius 2 is 2.35 bits per heavy atom. The lowest BCUT2D eigenvalue weighted by Gasteiger charge is -2.02.